The molecule has 0 fully saturated rings. The monoisotopic (exact) mass is 324 g/mol. The smallest absolute Gasteiger partial charge is 0.303 e. The first-order valence-corrected chi connectivity index (χ1v) is 8.04. The van der Waals surface area contributed by atoms with E-state index < -0.39 is 17.6 Å². The number of carboxylic acid groups (broad SMARTS) is 1. The van der Waals surface area contributed by atoms with Gasteiger partial charge in [-0.15, -0.1) is 0 Å². The lowest BCUT2D eigenvalue weighted by Gasteiger charge is -2.15. The zero-order chi connectivity index (χ0) is 17.0. The van der Waals surface area contributed by atoms with E-state index in [1.54, 1.807) is 0 Å². The minimum absolute atomic E-state index is 0.107. The Morgan fingerprint density at radius 1 is 1.22 bits per heavy atom. The highest BCUT2D eigenvalue weighted by Crippen LogP contribution is 2.28. The molecule has 0 aliphatic rings. The number of carbonyl (C=O) groups is 1. The summed E-state index contributed by atoms with van der Waals surface area (Å²) in [7, 11) is 0. The number of unbranched alkanes of at least 4 members (excludes halogenated alkanes) is 1. The second-order valence-electron chi connectivity index (χ2n) is 5.74. The molecule has 0 aliphatic carbocycles. The second-order valence-corrected chi connectivity index (χ2v) is 5.74. The number of aromatic nitrogens is 2. The van der Waals surface area contributed by atoms with Crippen LogP contribution in [0.2, 0.25) is 0 Å². The highest BCUT2D eigenvalue weighted by Gasteiger charge is 2.19. The van der Waals surface area contributed by atoms with E-state index in [0.717, 1.165) is 24.7 Å². The van der Waals surface area contributed by atoms with E-state index in [1.165, 1.54) is 6.07 Å². The predicted molar refractivity (Wildman–Crippen MR) is 84.5 cm³/mol. The number of nitrogens with zero attached hydrogens (tertiary/aromatic N) is 2. The number of aliphatic carboxylic acids is 1. The van der Waals surface area contributed by atoms with Crippen LogP contribution in [0.1, 0.15) is 57.7 Å². The Labute approximate surface area is 134 Å². The van der Waals surface area contributed by atoms with Gasteiger partial charge < -0.3 is 9.67 Å². The summed E-state index contributed by atoms with van der Waals surface area (Å²) in [5.41, 5.74) is 1.02. The van der Waals surface area contributed by atoms with Gasteiger partial charge in [-0.1, -0.05) is 13.8 Å². The van der Waals surface area contributed by atoms with E-state index in [-0.39, 0.29) is 12.3 Å². The minimum atomic E-state index is -0.899. The first-order chi connectivity index (χ1) is 11.0. The molecule has 0 saturated carbocycles. The molecule has 0 unspecified atom stereocenters. The first kappa shape index (κ1) is 17.4. The van der Waals surface area contributed by atoms with E-state index in [0.29, 0.717) is 30.4 Å². The van der Waals surface area contributed by atoms with Gasteiger partial charge in [-0.25, -0.2) is 13.8 Å². The van der Waals surface area contributed by atoms with E-state index >= 15 is 0 Å². The van der Waals surface area contributed by atoms with E-state index in [4.69, 9.17) is 5.11 Å². The number of aryl methyl sites for hydroxylation is 1. The first-order valence-electron chi connectivity index (χ1n) is 8.04. The van der Waals surface area contributed by atoms with Crippen LogP contribution in [0.25, 0.3) is 11.0 Å². The molecule has 2 rings (SSSR count). The molecule has 6 heteroatoms. The summed E-state index contributed by atoms with van der Waals surface area (Å²) in [5.74, 6) is -1.57. The Hall–Kier alpha value is -1.98. The maximum Gasteiger partial charge on any atom is 0.303 e. The zero-order valence-electron chi connectivity index (χ0n) is 13.5. The van der Waals surface area contributed by atoms with Crippen molar-refractivity contribution in [1.82, 2.24) is 9.55 Å². The third-order valence-electron chi connectivity index (χ3n) is 4.19. The summed E-state index contributed by atoms with van der Waals surface area (Å²) >= 11 is 0. The molecule has 23 heavy (non-hydrogen) atoms. The summed E-state index contributed by atoms with van der Waals surface area (Å²) in [6.45, 7) is 4.67. The lowest BCUT2D eigenvalue weighted by atomic mass is 10.0. The Morgan fingerprint density at radius 3 is 2.48 bits per heavy atom. The van der Waals surface area contributed by atoms with Crippen molar-refractivity contribution in [3.8, 4) is 0 Å². The summed E-state index contributed by atoms with van der Waals surface area (Å²) in [4.78, 5) is 15.1. The van der Waals surface area contributed by atoms with Crippen molar-refractivity contribution in [2.45, 2.75) is 58.4 Å². The Kier molecular flexibility index (Phi) is 5.69. The largest absolute Gasteiger partial charge is 0.481 e. The van der Waals surface area contributed by atoms with Gasteiger partial charge in [-0.3, -0.25) is 4.79 Å². The summed E-state index contributed by atoms with van der Waals surface area (Å²) in [6.07, 6.45) is 3.08. The van der Waals surface area contributed by atoms with E-state index in [2.05, 4.69) is 18.8 Å². The van der Waals surface area contributed by atoms with Crippen LogP contribution < -0.4 is 0 Å². The van der Waals surface area contributed by atoms with Crippen molar-refractivity contribution >= 4 is 17.0 Å². The van der Waals surface area contributed by atoms with Gasteiger partial charge in [0.1, 0.15) is 5.82 Å². The molecule has 2 aromatic rings. The normalized spacial score (nSPS) is 11.5. The number of fused-ring (bicyclic) bond motifs is 1. The average Bonchev–Trinajstić information content (AvgIpc) is 2.83. The van der Waals surface area contributed by atoms with E-state index in [9.17, 15) is 13.6 Å². The van der Waals surface area contributed by atoms with Crippen LogP contribution in [0.4, 0.5) is 8.78 Å². The fraction of sp³-hybridized carbons (Fsp3) is 0.529. The van der Waals surface area contributed by atoms with Crippen molar-refractivity contribution in [2.75, 3.05) is 0 Å². The summed E-state index contributed by atoms with van der Waals surface area (Å²) in [6, 6.07) is 2.31. The van der Waals surface area contributed by atoms with Gasteiger partial charge in [0.25, 0.3) is 0 Å². The minimum Gasteiger partial charge on any atom is -0.481 e. The van der Waals surface area contributed by atoms with Crippen LogP contribution in [0.3, 0.4) is 0 Å². The van der Waals surface area contributed by atoms with Crippen molar-refractivity contribution in [1.29, 1.82) is 0 Å². The standard InChI is InChI=1S/C17H22F2N2O2/c1-3-11(4-2)17-20-14-9-12(18)13(19)10-15(14)21(17)8-6-5-7-16(22)23/h9-11H,3-8H2,1-2H3,(H,22,23). The van der Waals surface area contributed by atoms with E-state index in [1.807, 2.05) is 4.57 Å². The van der Waals surface area contributed by atoms with Gasteiger partial charge >= 0.3 is 5.97 Å². The summed E-state index contributed by atoms with van der Waals surface area (Å²) in [5, 5.41) is 8.72. The number of hydrogen-bond donors (Lipinski definition) is 1. The van der Waals surface area contributed by atoms with Crippen LogP contribution in [-0.4, -0.2) is 20.6 Å². The predicted octanol–water partition coefficient (Wildman–Crippen LogP) is 4.47. The van der Waals surface area contributed by atoms with Gasteiger partial charge in [-0.2, -0.15) is 0 Å². The average molecular weight is 324 g/mol. The molecule has 1 heterocycles. The molecule has 0 saturated heterocycles. The molecule has 0 radical (unpaired) electrons. The molecule has 0 aliphatic heterocycles. The molecule has 1 aromatic heterocycles. The highest BCUT2D eigenvalue weighted by molar-refractivity contribution is 5.76. The van der Waals surface area contributed by atoms with Crippen LogP contribution in [0.15, 0.2) is 12.1 Å². The molecular formula is C17H22F2N2O2. The molecule has 126 valence electrons. The zero-order valence-corrected chi connectivity index (χ0v) is 13.5. The van der Waals surface area contributed by atoms with Gasteiger partial charge in [0.05, 0.1) is 11.0 Å². The number of hydrogen-bond acceptors (Lipinski definition) is 2. The maximum absolute atomic E-state index is 13.6. The number of benzene rings is 1. The molecule has 0 bridgehead atoms. The molecule has 0 atom stereocenters. The lowest BCUT2D eigenvalue weighted by molar-refractivity contribution is -0.137. The van der Waals surface area contributed by atoms with Gasteiger partial charge in [0.15, 0.2) is 11.6 Å². The Morgan fingerprint density at radius 2 is 1.87 bits per heavy atom. The van der Waals surface area contributed by atoms with Crippen molar-refractivity contribution < 1.29 is 18.7 Å². The van der Waals surface area contributed by atoms with Crippen molar-refractivity contribution in [3.63, 3.8) is 0 Å². The van der Waals surface area contributed by atoms with Gasteiger partial charge in [-0.05, 0) is 25.7 Å². The highest BCUT2D eigenvalue weighted by atomic mass is 19.2. The molecule has 1 N–H and O–H groups in total. The molecule has 0 spiro atoms. The fourth-order valence-corrected chi connectivity index (χ4v) is 2.89. The molecule has 0 amide bonds. The Balaban J connectivity index is 2.38. The van der Waals surface area contributed by atoms with Gasteiger partial charge in [0, 0.05) is 31.0 Å². The molecule has 1 aromatic carbocycles. The molecule has 4 nitrogen and oxygen atoms in total. The number of halogens is 2. The quantitative estimate of drug-likeness (QED) is 0.729. The van der Waals surface area contributed by atoms with Crippen LogP contribution >= 0.6 is 0 Å². The van der Waals surface area contributed by atoms with Gasteiger partial charge in [0.2, 0.25) is 0 Å². The van der Waals surface area contributed by atoms with Crippen molar-refractivity contribution in [3.05, 3.63) is 29.6 Å². The number of imidazole rings is 1. The number of rotatable bonds is 8. The third kappa shape index (κ3) is 3.86. The Bertz CT molecular complexity index is 693. The van der Waals surface area contributed by atoms with Crippen LogP contribution in [0, 0.1) is 11.6 Å². The maximum atomic E-state index is 13.6. The van der Waals surface area contributed by atoms with Crippen molar-refractivity contribution in [2.24, 2.45) is 0 Å². The number of carboxylic acids is 1. The van der Waals surface area contributed by atoms with Crippen LogP contribution in [0.5, 0.6) is 0 Å². The SMILES string of the molecule is CCC(CC)c1nc2cc(F)c(F)cc2n1CCCCC(=O)O. The third-order valence-corrected chi connectivity index (χ3v) is 4.19. The topological polar surface area (TPSA) is 55.1 Å². The lowest BCUT2D eigenvalue weighted by Crippen LogP contribution is -2.09. The second kappa shape index (κ2) is 7.53. The summed E-state index contributed by atoms with van der Waals surface area (Å²) < 4.78 is 29.0. The van der Waals surface area contributed by atoms with Crippen LogP contribution in [-0.2, 0) is 11.3 Å². The molecular weight excluding hydrogens is 302 g/mol. The fourth-order valence-electron chi connectivity index (χ4n) is 2.89.